The second-order valence-corrected chi connectivity index (χ2v) is 6.05. The van der Waals surface area contributed by atoms with Crippen molar-refractivity contribution in [1.29, 1.82) is 0 Å². The molecule has 20 heavy (non-hydrogen) atoms. The van der Waals surface area contributed by atoms with Gasteiger partial charge >= 0.3 is 5.97 Å². The van der Waals surface area contributed by atoms with Gasteiger partial charge in [0.2, 0.25) is 0 Å². The normalized spacial score (nSPS) is 40.8. The van der Waals surface area contributed by atoms with Gasteiger partial charge in [0.25, 0.3) is 0 Å². The van der Waals surface area contributed by atoms with Gasteiger partial charge in [0.05, 0.1) is 29.8 Å². The maximum atomic E-state index is 11.1. The lowest BCUT2D eigenvalue weighted by Crippen LogP contribution is -2.26. The van der Waals surface area contributed by atoms with Gasteiger partial charge in [-0.1, -0.05) is 13.0 Å². The second-order valence-electron chi connectivity index (χ2n) is 5.49. The molecule has 0 aromatic carbocycles. The van der Waals surface area contributed by atoms with E-state index in [1.807, 2.05) is 13.0 Å². The zero-order chi connectivity index (χ0) is 14.7. The number of esters is 1. The predicted molar refractivity (Wildman–Crippen MR) is 76.9 cm³/mol. The molecule has 0 radical (unpaired) electrons. The van der Waals surface area contributed by atoms with E-state index in [0.29, 0.717) is 6.42 Å². The fraction of sp³-hybridized carbons (Fsp3) is 0.800. The van der Waals surface area contributed by atoms with Crippen molar-refractivity contribution in [1.82, 2.24) is 0 Å². The summed E-state index contributed by atoms with van der Waals surface area (Å²) in [5.74, 6) is -0.259. The lowest BCUT2D eigenvalue weighted by molar-refractivity contribution is -0.149. The van der Waals surface area contributed by atoms with E-state index in [-0.39, 0.29) is 41.9 Å². The van der Waals surface area contributed by atoms with Crippen molar-refractivity contribution in [2.75, 3.05) is 0 Å². The fourth-order valence-corrected chi connectivity index (χ4v) is 3.37. The van der Waals surface area contributed by atoms with E-state index >= 15 is 0 Å². The summed E-state index contributed by atoms with van der Waals surface area (Å²) in [4.78, 5) is 11.1. The number of rotatable bonds is 5. The number of carbonyl (C=O) groups is 1. The van der Waals surface area contributed by atoms with Gasteiger partial charge in [-0.15, -0.1) is 18.2 Å². The highest BCUT2D eigenvalue weighted by Gasteiger charge is 2.45. The molecule has 0 amide bonds. The van der Waals surface area contributed by atoms with Crippen molar-refractivity contribution in [2.24, 2.45) is 0 Å². The van der Waals surface area contributed by atoms with E-state index in [1.165, 1.54) is 6.92 Å². The summed E-state index contributed by atoms with van der Waals surface area (Å²) in [6, 6.07) is 0. The molecule has 0 N–H and O–H groups in total. The molecule has 0 unspecified atom stereocenters. The Morgan fingerprint density at radius 2 is 2.00 bits per heavy atom. The highest BCUT2D eigenvalue weighted by atomic mass is 35.5. The molecule has 2 saturated heterocycles. The Morgan fingerprint density at radius 1 is 1.35 bits per heavy atom. The molecule has 2 aliphatic rings. The minimum Gasteiger partial charge on any atom is -0.460 e. The van der Waals surface area contributed by atoms with Crippen LogP contribution in [0.15, 0.2) is 12.7 Å². The van der Waals surface area contributed by atoms with Crippen molar-refractivity contribution >= 4 is 17.6 Å². The summed E-state index contributed by atoms with van der Waals surface area (Å²) in [5, 5.41) is -0.00514. The van der Waals surface area contributed by atoms with Gasteiger partial charge in [-0.05, 0) is 19.3 Å². The summed E-state index contributed by atoms with van der Waals surface area (Å²) in [6.45, 7) is 7.19. The molecule has 6 atom stereocenters. The van der Waals surface area contributed by atoms with E-state index in [9.17, 15) is 4.79 Å². The fourth-order valence-electron chi connectivity index (χ4n) is 3.03. The molecule has 0 bridgehead atoms. The van der Waals surface area contributed by atoms with E-state index < -0.39 is 0 Å². The maximum absolute atomic E-state index is 11.1. The van der Waals surface area contributed by atoms with Crippen LogP contribution in [0.5, 0.6) is 0 Å². The molecule has 2 rings (SSSR count). The first-order valence-corrected chi connectivity index (χ1v) is 7.71. The summed E-state index contributed by atoms with van der Waals surface area (Å²) in [5.41, 5.74) is 0. The Morgan fingerprint density at radius 3 is 2.60 bits per heavy atom. The summed E-state index contributed by atoms with van der Waals surface area (Å²) >= 11 is 6.31. The van der Waals surface area contributed by atoms with Gasteiger partial charge < -0.3 is 14.2 Å². The standard InChI is InChI=1S/C15H23ClO4/c1-4-6-12-10(16)7-13(20-12)15-8-14(18-9(3)17)11(5-2)19-15/h4,10-15H,1,5-8H2,2-3H3/t10-,11-,12+,13+,14-,15-/m1/s1. The molecule has 4 nitrogen and oxygen atoms in total. The van der Waals surface area contributed by atoms with Crippen molar-refractivity contribution < 1.29 is 19.0 Å². The van der Waals surface area contributed by atoms with Crippen molar-refractivity contribution in [3.05, 3.63) is 12.7 Å². The monoisotopic (exact) mass is 302 g/mol. The number of hydrogen-bond donors (Lipinski definition) is 0. The summed E-state index contributed by atoms with van der Waals surface area (Å²) < 4.78 is 17.3. The van der Waals surface area contributed by atoms with Crippen LogP contribution in [-0.2, 0) is 19.0 Å². The zero-order valence-electron chi connectivity index (χ0n) is 12.1. The smallest absolute Gasteiger partial charge is 0.302 e. The molecule has 0 aromatic heterocycles. The molecule has 0 saturated carbocycles. The second kappa shape index (κ2) is 6.92. The molecular formula is C15H23ClO4. The van der Waals surface area contributed by atoms with E-state index in [4.69, 9.17) is 25.8 Å². The number of alkyl halides is 1. The van der Waals surface area contributed by atoms with Crippen LogP contribution < -0.4 is 0 Å². The van der Waals surface area contributed by atoms with Crippen molar-refractivity contribution in [3.8, 4) is 0 Å². The Kier molecular flexibility index (Phi) is 5.47. The van der Waals surface area contributed by atoms with Crippen LogP contribution in [0.2, 0.25) is 0 Å². The van der Waals surface area contributed by atoms with Crippen LogP contribution in [0.25, 0.3) is 0 Å². The average Bonchev–Trinajstić information content (AvgIpc) is 2.94. The Hall–Kier alpha value is -0.580. The molecule has 0 aromatic rings. The number of hydrogen-bond acceptors (Lipinski definition) is 4. The maximum Gasteiger partial charge on any atom is 0.302 e. The van der Waals surface area contributed by atoms with E-state index in [0.717, 1.165) is 19.3 Å². The highest BCUT2D eigenvalue weighted by molar-refractivity contribution is 6.21. The Bertz CT molecular complexity index is 360. The molecule has 0 spiro atoms. The predicted octanol–water partition coefficient (Wildman–Crippen LogP) is 2.83. The van der Waals surface area contributed by atoms with Crippen LogP contribution in [0.4, 0.5) is 0 Å². The van der Waals surface area contributed by atoms with Crippen molar-refractivity contribution in [2.45, 2.75) is 75.4 Å². The highest BCUT2D eigenvalue weighted by Crippen LogP contribution is 2.36. The van der Waals surface area contributed by atoms with E-state index in [1.54, 1.807) is 0 Å². The van der Waals surface area contributed by atoms with Crippen LogP contribution >= 0.6 is 11.6 Å². The van der Waals surface area contributed by atoms with Gasteiger partial charge in [-0.3, -0.25) is 4.79 Å². The summed E-state index contributed by atoms with van der Waals surface area (Å²) in [7, 11) is 0. The van der Waals surface area contributed by atoms with Gasteiger partial charge in [0.15, 0.2) is 0 Å². The zero-order valence-corrected chi connectivity index (χ0v) is 12.8. The molecular weight excluding hydrogens is 280 g/mol. The van der Waals surface area contributed by atoms with Gasteiger partial charge in [0, 0.05) is 13.3 Å². The van der Waals surface area contributed by atoms with Crippen LogP contribution in [0, 0.1) is 0 Å². The molecule has 0 aliphatic carbocycles. The quantitative estimate of drug-likeness (QED) is 0.445. The lowest BCUT2D eigenvalue weighted by atomic mass is 10.0. The minimum absolute atomic E-state index is 0.00514. The molecule has 5 heteroatoms. The minimum atomic E-state index is -0.259. The Labute approximate surface area is 125 Å². The van der Waals surface area contributed by atoms with Gasteiger partial charge in [-0.2, -0.15) is 0 Å². The third-order valence-electron chi connectivity index (χ3n) is 3.97. The largest absolute Gasteiger partial charge is 0.460 e. The van der Waals surface area contributed by atoms with Crippen LogP contribution in [-0.4, -0.2) is 41.9 Å². The van der Waals surface area contributed by atoms with Crippen LogP contribution in [0.1, 0.15) is 39.5 Å². The van der Waals surface area contributed by atoms with Gasteiger partial charge in [0.1, 0.15) is 6.10 Å². The molecule has 114 valence electrons. The number of carbonyl (C=O) groups excluding carboxylic acids is 1. The lowest BCUT2D eigenvalue weighted by Gasteiger charge is -2.19. The number of ether oxygens (including phenoxy) is 3. The first-order chi connectivity index (χ1) is 9.55. The van der Waals surface area contributed by atoms with Crippen molar-refractivity contribution in [3.63, 3.8) is 0 Å². The SMILES string of the molecule is C=CC[C@@H]1O[C@H]([C@H]2C[C@@H](OC(C)=O)[C@@H](CC)O2)C[C@H]1Cl. The third kappa shape index (κ3) is 3.54. The first kappa shape index (κ1) is 15.8. The Balaban J connectivity index is 1.94. The molecule has 2 fully saturated rings. The number of halogens is 1. The topological polar surface area (TPSA) is 44.8 Å². The molecule has 2 aliphatic heterocycles. The summed E-state index contributed by atoms with van der Waals surface area (Å²) in [6.07, 6.45) is 4.60. The molecule has 2 heterocycles. The van der Waals surface area contributed by atoms with Gasteiger partial charge in [-0.25, -0.2) is 0 Å². The van der Waals surface area contributed by atoms with E-state index in [2.05, 4.69) is 6.58 Å². The average molecular weight is 303 g/mol. The van der Waals surface area contributed by atoms with Crippen LogP contribution in [0.3, 0.4) is 0 Å². The third-order valence-corrected chi connectivity index (χ3v) is 4.43. The first-order valence-electron chi connectivity index (χ1n) is 7.28.